The zero-order chi connectivity index (χ0) is 19.2. The number of ether oxygens (including phenoxy) is 1. The van der Waals surface area contributed by atoms with Crippen LogP contribution in [0.5, 0.6) is 0 Å². The summed E-state index contributed by atoms with van der Waals surface area (Å²) in [5.74, 6) is -3.32. The molecule has 0 saturated heterocycles. The van der Waals surface area contributed by atoms with Crippen LogP contribution in [0.25, 0.3) is 0 Å². The van der Waals surface area contributed by atoms with Crippen LogP contribution in [0.4, 0.5) is 0 Å². The van der Waals surface area contributed by atoms with E-state index in [1.54, 1.807) is 0 Å². The van der Waals surface area contributed by atoms with Crippen molar-refractivity contribution < 1.29 is 24.5 Å². The molecule has 5 nitrogen and oxygen atoms in total. The molecular formula is C22H24O5. The molecule has 1 saturated carbocycles. The van der Waals surface area contributed by atoms with Gasteiger partial charge in [0, 0.05) is 18.4 Å². The lowest BCUT2D eigenvalue weighted by molar-refractivity contribution is -0.164. The van der Waals surface area contributed by atoms with Crippen LogP contribution >= 0.6 is 0 Å². The van der Waals surface area contributed by atoms with Crippen LogP contribution in [0.15, 0.2) is 60.7 Å². The summed E-state index contributed by atoms with van der Waals surface area (Å²) in [4.78, 5) is 24.9. The Kier molecular flexibility index (Phi) is 6.24. The van der Waals surface area contributed by atoms with Crippen molar-refractivity contribution in [2.24, 2.45) is 11.8 Å². The van der Waals surface area contributed by atoms with Gasteiger partial charge in [-0.2, -0.15) is 0 Å². The second-order valence-electron chi connectivity index (χ2n) is 6.86. The minimum absolute atomic E-state index is 0.0569. The maximum absolute atomic E-state index is 12.8. The molecule has 2 atom stereocenters. The van der Waals surface area contributed by atoms with Gasteiger partial charge in [-0.3, -0.25) is 9.59 Å². The number of aliphatic hydroxyl groups is 1. The molecule has 3 rings (SSSR count). The Balaban J connectivity index is 1.90. The molecule has 0 heterocycles. The van der Waals surface area contributed by atoms with Gasteiger partial charge in [-0.05, 0) is 24.0 Å². The van der Waals surface area contributed by atoms with E-state index in [2.05, 4.69) is 0 Å². The minimum Gasteiger partial charge on any atom is -0.481 e. The number of carbonyl (C=O) groups is 2. The lowest BCUT2D eigenvalue weighted by atomic mass is 9.52. The molecule has 0 bridgehead atoms. The first-order chi connectivity index (χ1) is 13.1. The fraction of sp³-hybridized carbons (Fsp3) is 0.364. The van der Waals surface area contributed by atoms with Crippen LogP contribution in [-0.2, 0) is 14.3 Å². The Morgan fingerprint density at radius 3 is 1.78 bits per heavy atom. The molecule has 0 aliphatic heterocycles. The number of aliphatic hydroxyl groups excluding tert-OH is 1. The molecule has 0 radical (unpaired) electrons. The Morgan fingerprint density at radius 1 is 0.815 bits per heavy atom. The van der Waals surface area contributed by atoms with Gasteiger partial charge in [0.05, 0.1) is 18.4 Å². The van der Waals surface area contributed by atoms with Crippen LogP contribution in [0.1, 0.15) is 35.8 Å². The van der Waals surface area contributed by atoms with Crippen LogP contribution in [0, 0.1) is 11.8 Å². The largest absolute Gasteiger partial charge is 0.481 e. The molecule has 1 aliphatic carbocycles. The first kappa shape index (κ1) is 19.1. The Hall–Kier alpha value is -2.66. The number of aliphatic carboxylic acids is 1. The van der Waals surface area contributed by atoms with E-state index in [0.717, 1.165) is 11.1 Å². The smallest absolute Gasteiger partial charge is 0.310 e. The summed E-state index contributed by atoms with van der Waals surface area (Å²) in [6.45, 7) is 0.290. The van der Waals surface area contributed by atoms with Gasteiger partial charge in [0.25, 0.3) is 0 Å². The van der Waals surface area contributed by atoms with Crippen LogP contribution in [0.2, 0.25) is 0 Å². The van der Waals surface area contributed by atoms with Gasteiger partial charge < -0.3 is 14.9 Å². The summed E-state index contributed by atoms with van der Waals surface area (Å²) in [6, 6.07) is 18.6. The van der Waals surface area contributed by atoms with Gasteiger partial charge in [0.2, 0.25) is 0 Å². The highest BCUT2D eigenvalue weighted by Gasteiger charge is 2.59. The number of esters is 1. The maximum Gasteiger partial charge on any atom is 0.310 e. The zero-order valence-corrected chi connectivity index (χ0v) is 15.0. The second kappa shape index (κ2) is 8.82. The number of hydrogen-bond donors (Lipinski definition) is 2. The molecule has 27 heavy (non-hydrogen) atoms. The van der Waals surface area contributed by atoms with Gasteiger partial charge in [0.15, 0.2) is 0 Å². The molecule has 2 aromatic rings. The molecule has 2 N–H and O–H groups in total. The lowest BCUT2D eigenvalue weighted by Crippen LogP contribution is -2.51. The van der Waals surface area contributed by atoms with E-state index < -0.39 is 29.6 Å². The summed E-state index contributed by atoms with van der Waals surface area (Å²) in [5.41, 5.74) is 1.68. The monoisotopic (exact) mass is 368 g/mol. The van der Waals surface area contributed by atoms with Crippen molar-refractivity contribution in [3.63, 3.8) is 0 Å². The standard InChI is InChI=1S/C22H24O5/c23-13-7-8-14-27-22(26)20-17(15-9-3-1-4-10-15)19(21(24)25)18(20)16-11-5-2-6-12-16/h1-6,9-12,17-20,23H,7-8,13-14H2,(H,24,25). The Morgan fingerprint density at radius 2 is 1.33 bits per heavy atom. The average molecular weight is 368 g/mol. The van der Waals surface area contributed by atoms with E-state index in [1.165, 1.54) is 0 Å². The normalized spacial score (nSPS) is 24.0. The molecule has 142 valence electrons. The summed E-state index contributed by atoms with van der Waals surface area (Å²) >= 11 is 0. The number of unbranched alkanes of at least 4 members (excludes halogenated alkanes) is 1. The Labute approximate surface area is 158 Å². The fourth-order valence-corrected chi connectivity index (χ4v) is 4.01. The molecular weight excluding hydrogens is 344 g/mol. The van der Waals surface area contributed by atoms with Crippen molar-refractivity contribution in [1.29, 1.82) is 0 Å². The third-order valence-electron chi connectivity index (χ3n) is 5.27. The number of rotatable bonds is 8. The van der Waals surface area contributed by atoms with Crippen molar-refractivity contribution in [2.45, 2.75) is 24.7 Å². The molecule has 5 heteroatoms. The maximum atomic E-state index is 12.8. The number of hydrogen-bond acceptors (Lipinski definition) is 4. The highest BCUT2D eigenvalue weighted by atomic mass is 16.5. The number of carboxylic acid groups (broad SMARTS) is 1. The first-order valence-corrected chi connectivity index (χ1v) is 9.25. The van der Waals surface area contributed by atoms with E-state index in [4.69, 9.17) is 9.84 Å². The van der Waals surface area contributed by atoms with Gasteiger partial charge in [-0.1, -0.05) is 60.7 Å². The van der Waals surface area contributed by atoms with Gasteiger partial charge >= 0.3 is 11.9 Å². The van der Waals surface area contributed by atoms with Crippen molar-refractivity contribution in [3.05, 3.63) is 71.8 Å². The molecule has 2 aromatic carbocycles. The quantitative estimate of drug-likeness (QED) is 0.552. The van der Waals surface area contributed by atoms with Crippen LogP contribution < -0.4 is 0 Å². The fourth-order valence-electron chi connectivity index (χ4n) is 4.01. The van der Waals surface area contributed by atoms with E-state index in [-0.39, 0.29) is 19.2 Å². The predicted octanol–water partition coefficient (Wildman–Crippen LogP) is 3.20. The minimum atomic E-state index is -0.901. The van der Waals surface area contributed by atoms with Gasteiger partial charge in [0.1, 0.15) is 0 Å². The number of carbonyl (C=O) groups excluding carboxylic acids is 1. The topological polar surface area (TPSA) is 83.8 Å². The van der Waals surface area contributed by atoms with Crippen molar-refractivity contribution in [1.82, 2.24) is 0 Å². The van der Waals surface area contributed by atoms with E-state index in [9.17, 15) is 14.7 Å². The van der Waals surface area contributed by atoms with Crippen LogP contribution in [-0.4, -0.2) is 35.4 Å². The molecule has 2 unspecified atom stereocenters. The number of carboxylic acids is 1. The van der Waals surface area contributed by atoms with Crippen molar-refractivity contribution in [3.8, 4) is 0 Å². The third-order valence-corrected chi connectivity index (χ3v) is 5.27. The van der Waals surface area contributed by atoms with Gasteiger partial charge in [-0.25, -0.2) is 0 Å². The third kappa shape index (κ3) is 4.03. The van der Waals surface area contributed by atoms with E-state index in [1.807, 2.05) is 60.7 Å². The summed E-state index contributed by atoms with van der Waals surface area (Å²) in [5, 5.41) is 18.7. The summed E-state index contributed by atoms with van der Waals surface area (Å²) < 4.78 is 5.44. The lowest BCUT2D eigenvalue weighted by Gasteiger charge is -2.49. The highest BCUT2D eigenvalue weighted by molar-refractivity contribution is 5.84. The van der Waals surface area contributed by atoms with Crippen molar-refractivity contribution >= 4 is 11.9 Å². The van der Waals surface area contributed by atoms with Gasteiger partial charge in [-0.15, -0.1) is 0 Å². The average Bonchev–Trinajstić information content (AvgIpc) is 2.66. The second-order valence-corrected chi connectivity index (χ2v) is 6.86. The van der Waals surface area contributed by atoms with E-state index >= 15 is 0 Å². The molecule has 1 aliphatic rings. The number of benzene rings is 2. The molecule has 0 amide bonds. The summed E-state index contributed by atoms with van der Waals surface area (Å²) in [6.07, 6.45) is 1.16. The van der Waals surface area contributed by atoms with Crippen molar-refractivity contribution in [2.75, 3.05) is 13.2 Å². The Bertz CT molecular complexity index is 711. The molecule has 0 aromatic heterocycles. The first-order valence-electron chi connectivity index (χ1n) is 9.25. The SMILES string of the molecule is O=C(O)C1C(c2ccccc2)C(C(=O)OCCCCO)C1c1ccccc1. The van der Waals surface area contributed by atoms with E-state index in [0.29, 0.717) is 12.8 Å². The molecule has 1 fully saturated rings. The van der Waals surface area contributed by atoms with Crippen LogP contribution in [0.3, 0.4) is 0 Å². The highest BCUT2D eigenvalue weighted by Crippen LogP contribution is 2.58. The molecule has 0 spiro atoms. The summed E-state index contributed by atoms with van der Waals surface area (Å²) in [7, 11) is 0. The zero-order valence-electron chi connectivity index (χ0n) is 15.0. The predicted molar refractivity (Wildman–Crippen MR) is 100 cm³/mol.